The number of nitrogens with one attached hydrogen (secondary N) is 1. The molecule has 0 radical (unpaired) electrons. The van der Waals surface area contributed by atoms with Crippen LogP contribution in [0.15, 0.2) is 53.9 Å². The zero-order chi connectivity index (χ0) is 19.6. The molecular formula is C22H21N3O3S. The van der Waals surface area contributed by atoms with Crippen molar-refractivity contribution < 1.29 is 14.3 Å². The van der Waals surface area contributed by atoms with Crippen molar-refractivity contribution in [1.29, 1.82) is 0 Å². The van der Waals surface area contributed by atoms with Crippen LogP contribution in [0.1, 0.15) is 22.7 Å². The molecule has 3 aromatic rings. The van der Waals surface area contributed by atoms with Gasteiger partial charge in [-0.05, 0) is 12.1 Å². The summed E-state index contributed by atoms with van der Waals surface area (Å²) in [5, 5.41) is 5.66. The third-order valence-electron chi connectivity index (χ3n) is 5.21. The van der Waals surface area contributed by atoms with E-state index in [0.29, 0.717) is 5.13 Å². The predicted molar refractivity (Wildman–Crippen MR) is 112 cm³/mol. The fraction of sp³-hybridized carbons (Fsp3) is 0.273. The molecule has 5 rings (SSSR count). The van der Waals surface area contributed by atoms with E-state index < -0.39 is 5.92 Å². The number of hydrogen-bond acceptors (Lipinski definition) is 6. The summed E-state index contributed by atoms with van der Waals surface area (Å²) in [5.41, 5.74) is 2.71. The van der Waals surface area contributed by atoms with Gasteiger partial charge in [0.1, 0.15) is 11.5 Å². The number of ether oxygens (including phenoxy) is 2. The summed E-state index contributed by atoms with van der Waals surface area (Å²) in [6, 6.07) is 15.4. The highest BCUT2D eigenvalue weighted by atomic mass is 32.1. The number of hydrogen-bond donors (Lipinski definition) is 1. The van der Waals surface area contributed by atoms with Crippen molar-refractivity contribution in [3.8, 4) is 11.5 Å². The van der Waals surface area contributed by atoms with Crippen LogP contribution in [-0.2, 0) is 16.1 Å². The number of morpholine rings is 1. The van der Waals surface area contributed by atoms with E-state index in [4.69, 9.17) is 9.47 Å². The van der Waals surface area contributed by atoms with Gasteiger partial charge in [-0.2, -0.15) is 0 Å². The minimum atomic E-state index is -0.428. The predicted octanol–water partition coefficient (Wildman–Crippen LogP) is 3.85. The average Bonchev–Trinajstić information content (AvgIpc) is 3.19. The number of amides is 1. The Morgan fingerprint density at radius 2 is 1.72 bits per heavy atom. The van der Waals surface area contributed by atoms with Crippen LogP contribution in [0.25, 0.3) is 0 Å². The molecule has 0 aliphatic carbocycles. The van der Waals surface area contributed by atoms with Crippen molar-refractivity contribution in [2.24, 2.45) is 0 Å². The number of carbonyl (C=O) groups excluding carboxylic acids is 1. The molecule has 1 aromatic heterocycles. The van der Waals surface area contributed by atoms with Gasteiger partial charge in [-0.3, -0.25) is 9.69 Å². The molecule has 7 heteroatoms. The van der Waals surface area contributed by atoms with Gasteiger partial charge in [0.2, 0.25) is 5.91 Å². The van der Waals surface area contributed by atoms with Gasteiger partial charge in [0, 0.05) is 36.1 Å². The maximum atomic E-state index is 13.3. The first-order valence-corrected chi connectivity index (χ1v) is 10.6. The third-order valence-corrected chi connectivity index (χ3v) is 6.02. The lowest BCUT2D eigenvalue weighted by Gasteiger charge is -2.27. The first-order valence-electron chi connectivity index (χ1n) is 9.69. The maximum Gasteiger partial charge on any atom is 0.238 e. The van der Waals surface area contributed by atoms with E-state index in [2.05, 4.69) is 15.2 Å². The van der Waals surface area contributed by atoms with Crippen LogP contribution in [0.3, 0.4) is 0 Å². The molecule has 2 aromatic carbocycles. The van der Waals surface area contributed by atoms with E-state index in [9.17, 15) is 4.79 Å². The summed E-state index contributed by atoms with van der Waals surface area (Å²) in [5.74, 6) is 0.917. The Labute approximate surface area is 173 Å². The van der Waals surface area contributed by atoms with Gasteiger partial charge in [0.05, 0.1) is 24.8 Å². The highest BCUT2D eigenvalue weighted by Gasteiger charge is 2.32. The molecule has 0 bridgehead atoms. The number of nitrogens with zero attached hydrogens (tertiary/aromatic N) is 2. The molecule has 148 valence electrons. The average molecular weight is 407 g/mol. The Balaban J connectivity index is 1.36. The molecule has 2 aliphatic heterocycles. The molecular weight excluding hydrogens is 386 g/mol. The van der Waals surface area contributed by atoms with Crippen molar-refractivity contribution >= 4 is 22.4 Å². The molecule has 0 spiro atoms. The van der Waals surface area contributed by atoms with E-state index in [1.807, 2.05) is 53.9 Å². The minimum Gasteiger partial charge on any atom is -0.457 e. The smallest absolute Gasteiger partial charge is 0.238 e. The summed E-state index contributed by atoms with van der Waals surface area (Å²) < 4.78 is 11.4. The number of anilines is 1. The number of thiazole rings is 1. The molecule has 3 heterocycles. The Bertz CT molecular complexity index is 984. The summed E-state index contributed by atoms with van der Waals surface area (Å²) in [4.78, 5) is 20.2. The van der Waals surface area contributed by atoms with Crippen LogP contribution >= 0.6 is 11.3 Å². The molecule has 1 N–H and O–H groups in total. The Kier molecular flexibility index (Phi) is 5.01. The van der Waals surface area contributed by atoms with Crippen molar-refractivity contribution in [3.63, 3.8) is 0 Å². The monoisotopic (exact) mass is 407 g/mol. The second-order valence-electron chi connectivity index (χ2n) is 7.13. The van der Waals surface area contributed by atoms with Gasteiger partial charge in [-0.1, -0.05) is 36.4 Å². The van der Waals surface area contributed by atoms with Gasteiger partial charge in [-0.15, -0.1) is 11.3 Å². The molecule has 1 amide bonds. The van der Waals surface area contributed by atoms with Crippen LogP contribution in [0.2, 0.25) is 0 Å². The normalized spacial score (nSPS) is 16.6. The molecule has 29 heavy (non-hydrogen) atoms. The fourth-order valence-corrected chi connectivity index (χ4v) is 4.50. The lowest BCUT2D eigenvalue weighted by Crippen LogP contribution is -2.35. The first kappa shape index (κ1) is 18.3. The number of fused-ring (bicyclic) bond motifs is 2. The number of para-hydroxylation sites is 2. The molecule has 0 saturated carbocycles. The van der Waals surface area contributed by atoms with Gasteiger partial charge in [-0.25, -0.2) is 4.98 Å². The van der Waals surface area contributed by atoms with Crippen LogP contribution in [0.4, 0.5) is 5.13 Å². The molecule has 1 saturated heterocycles. The third kappa shape index (κ3) is 3.76. The SMILES string of the molecule is O=C(Nc1nc(CN2CCOCC2)cs1)C1c2ccccc2Oc2ccccc21. The Morgan fingerprint density at radius 1 is 1.07 bits per heavy atom. The van der Waals surface area contributed by atoms with E-state index in [-0.39, 0.29) is 5.91 Å². The number of rotatable bonds is 4. The Hall–Kier alpha value is -2.74. The van der Waals surface area contributed by atoms with Crippen LogP contribution < -0.4 is 10.1 Å². The van der Waals surface area contributed by atoms with Crippen molar-refractivity contribution in [3.05, 3.63) is 70.7 Å². The van der Waals surface area contributed by atoms with Crippen LogP contribution in [-0.4, -0.2) is 42.1 Å². The highest BCUT2D eigenvalue weighted by Crippen LogP contribution is 2.44. The van der Waals surface area contributed by atoms with Crippen molar-refractivity contribution in [1.82, 2.24) is 9.88 Å². The quantitative estimate of drug-likeness (QED) is 0.712. The van der Waals surface area contributed by atoms with Gasteiger partial charge >= 0.3 is 0 Å². The second-order valence-corrected chi connectivity index (χ2v) is 7.99. The topological polar surface area (TPSA) is 63.7 Å². The molecule has 1 fully saturated rings. The van der Waals surface area contributed by atoms with Crippen molar-refractivity contribution in [2.75, 3.05) is 31.6 Å². The summed E-state index contributed by atoms with van der Waals surface area (Å²) in [6.07, 6.45) is 0. The maximum absolute atomic E-state index is 13.3. The van der Waals surface area contributed by atoms with Crippen LogP contribution in [0.5, 0.6) is 11.5 Å². The standard InChI is InChI=1S/C22H21N3O3S/c26-21(24-22-23-15(14-29-22)13-25-9-11-27-12-10-25)20-16-5-1-3-7-18(16)28-19-8-4-2-6-17(19)20/h1-8,14,20H,9-13H2,(H,23,24,26). The van der Waals surface area contributed by atoms with E-state index in [1.165, 1.54) is 11.3 Å². The minimum absolute atomic E-state index is 0.0968. The molecule has 0 unspecified atom stereocenters. The zero-order valence-corrected chi connectivity index (χ0v) is 16.7. The number of benzene rings is 2. The largest absolute Gasteiger partial charge is 0.457 e. The summed E-state index contributed by atoms with van der Waals surface area (Å²) in [7, 11) is 0. The van der Waals surface area contributed by atoms with Crippen LogP contribution in [0, 0.1) is 0 Å². The highest BCUT2D eigenvalue weighted by molar-refractivity contribution is 7.13. The lowest BCUT2D eigenvalue weighted by atomic mass is 9.87. The second kappa shape index (κ2) is 7.94. The van der Waals surface area contributed by atoms with Gasteiger partial charge in [0.15, 0.2) is 5.13 Å². The first-order chi connectivity index (χ1) is 14.3. The van der Waals surface area contributed by atoms with Gasteiger partial charge < -0.3 is 14.8 Å². The van der Waals surface area contributed by atoms with E-state index in [0.717, 1.165) is 61.2 Å². The van der Waals surface area contributed by atoms with E-state index in [1.54, 1.807) is 0 Å². The van der Waals surface area contributed by atoms with Crippen molar-refractivity contribution in [2.45, 2.75) is 12.5 Å². The number of carbonyl (C=O) groups is 1. The van der Waals surface area contributed by atoms with E-state index >= 15 is 0 Å². The zero-order valence-electron chi connectivity index (χ0n) is 15.8. The lowest BCUT2D eigenvalue weighted by molar-refractivity contribution is -0.116. The summed E-state index contributed by atoms with van der Waals surface area (Å²) in [6.45, 7) is 4.12. The molecule has 0 atom stereocenters. The molecule has 6 nitrogen and oxygen atoms in total. The number of aromatic nitrogens is 1. The Morgan fingerprint density at radius 3 is 2.41 bits per heavy atom. The van der Waals surface area contributed by atoms with Gasteiger partial charge in [0.25, 0.3) is 0 Å². The molecule has 2 aliphatic rings. The summed E-state index contributed by atoms with van der Waals surface area (Å²) >= 11 is 1.46. The fourth-order valence-electron chi connectivity index (χ4n) is 3.80.